The summed E-state index contributed by atoms with van der Waals surface area (Å²) in [5.41, 5.74) is 1.53. The smallest absolute Gasteiger partial charge is 0.141 e. The molecule has 0 aliphatic heterocycles. The zero-order chi connectivity index (χ0) is 14.5. The van der Waals surface area contributed by atoms with E-state index in [0.29, 0.717) is 23.7 Å². The Morgan fingerprint density at radius 3 is 2.55 bits per heavy atom. The molecule has 0 saturated heterocycles. The summed E-state index contributed by atoms with van der Waals surface area (Å²) >= 11 is 11.7. The lowest BCUT2D eigenvalue weighted by Crippen LogP contribution is -2.21. The van der Waals surface area contributed by atoms with Crippen LogP contribution in [0, 0.1) is 5.82 Å². The lowest BCUT2D eigenvalue weighted by molar-refractivity contribution is 0.174. The van der Waals surface area contributed by atoms with Gasteiger partial charge in [0.25, 0.3) is 0 Å². The zero-order valence-corrected chi connectivity index (χ0v) is 12.1. The average molecular weight is 314 g/mol. The van der Waals surface area contributed by atoms with Crippen LogP contribution in [0.4, 0.5) is 4.39 Å². The van der Waals surface area contributed by atoms with Crippen LogP contribution in [0.2, 0.25) is 10.0 Å². The highest BCUT2D eigenvalue weighted by Crippen LogP contribution is 2.22. The molecule has 2 rings (SSSR count). The van der Waals surface area contributed by atoms with E-state index < -0.39 is 11.9 Å². The van der Waals surface area contributed by atoms with Crippen molar-refractivity contribution in [3.63, 3.8) is 0 Å². The fourth-order valence-corrected chi connectivity index (χ4v) is 2.32. The fraction of sp³-hybridized carbons (Fsp3) is 0.200. The van der Waals surface area contributed by atoms with Crippen LogP contribution >= 0.6 is 23.2 Å². The topological polar surface area (TPSA) is 32.3 Å². The van der Waals surface area contributed by atoms with Crippen LogP contribution in [0.15, 0.2) is 42.5 Å². The highest BCUT2D eigenvalue weighted by molar-refractivity contribution is 6.31. The minimum Gasteiger partial charge on any atom is -0.387 e. The van der Waals surface area contributed by atoms with Crippen LogP contribution in [0.25, 0.3) is 0 Å². The number of aliphatic hydroxyl groups is 1. The van der Waals surface area contributed by atoms with Gasteiger partial charge < -0.3 is 10.4 Å². The van der Waals surface area contributed by atoms with Crippen LogP contribution in [0.1, 0.15) is 17.2 Å². The van der Waals surface area contributed by atoms with E-state index in [1.807, 2.05) is 12.1 Å². The van der Waals surface area contributed by atoms with Crippen LogP contribution in [-0.4, -0.2) is 11.7 Å². The molecule has 2 N–H and O–H groups in total. The number of benzene rings is 2. The van der Waals surface area contributed by atoms with Crippen molar-refractivity contribution in [2.75, 3.05) is 6.54 Å². The van der Waals surface area contributed by atoms with Crippen LogP contribution in [0.3, 0.4) is 0 Å². The van der Waals surface area contributed by atoms with Crippen molar-refractivity contribution in [1.29, 1.82) is 0 Å². The first-order valence-electron chi connectivity index (χ1n) is 6.15. The standard InChI is InChI=1S/C15H14Cl2FNO/c16-12-4-2-1-3-11(12)15(20)9-19-8-10-5-6-14(18)13(17)7-10/h1-7,15,19-20H,8-9H2. The highest BCUT2D eigenvalue weighted by Gasteiger charge is 2.10. The molecule has 1 unspecified atom stereocenters. The lowest BCUT2D eigenvalue weighted by atomic mass is 10.1. The number of hydrogen-bond donors (Lipinski definition) is 2. The van der Waals surface area contributed by atoms with E-state index in [1.165, 1.54) is 6.07 Å². The Balaban J connectivity index is 1.89. The van der Waals surface area contributed by atoms with E-state index in [0.717, 1.165) is 5.56 Å². The second-order valence-corrected chi connectivity index (χ2v) is 5.23. The third-order valence-corrected chi connectivity index (χ3v) is 3.55. The molecule has 0 saturated carbocycles. The molecule has 0 radical (unpaired) electrons. The predicted molar refractivity (Wildman–Crippen MR) is 79.5 cm³/mol. The maximum absolute atomic E-state index is 13.0. The third kappa shape index (κ3) is 3.93. The van der Waals surface area contributed by atoms with Gasteiger partial charge in [-0.3, -0.25) is 0 Å². The number of aliphatic hydroxyl groups excluding tert-OH is 1. The van der Waals surface area contributed by atoms with Crippen molar-refractivity contribution in [1.82, 2.24) is 5.32 Å². The maximum Gasteiger partial charge on any atom is 0.141 e. The van der Waals surface area contributed by atoms with Crippen molar-refractivity contribution in [2.24, 2.45) is 0 Å². The van der Waals surface area contributed by atoms with Gasteiger partial charge in [-0.1, -0.05) is 47.5 Å². The first kappa shape index (κ1) is 15.3. The molecule has 0 aromatic heterocycles. The number of nitrogens with one attached hydrogen (secondary N) is 1. The van der Waals surface area contributed by atoms with Gasteiger partial charge in [0.2, 0.25) is 0 Å². The monoisotopic (exact) mass is 313 g/mol. The number of hydrogen-bond acceptors (Lipinski definition) is 2. The van der Waals surface area contributed by atoms with Crippen LogP contribution in [-0.2, 0) is 6.54 Å². The summed E-state index contributed by atoms with van der Waals surface area (Å²) in [5.74, 6) is -0.438. The van der Waals surface area contributed by atoms with E-state index in [4.69, 9.17) is 23.2 Å². The summed E-state index contributed by atoms with van der Waals surface area (Å²) in [5, 5.41) is 13.8. The summed E-state index contributed by atoms with van der Waals surface area (Å²) in [6.45, 7) is 0.834. The molecule has 0 aliphatic rings. The molecule has 0 spiro atoms. The number of rotatable bonds is 5. The lowest BCUT2D eigenvalue weighted by Gasteiger charge is -2.13. The molecular formula is C15H14Cl2FNO. The first-order valence-corrected chi connectivity index (χ1v) is 6.90. The zero-order valence-electron chi connectivity index (χ0n) is 10.6. The van der Waals surface area contributed by atoms with Crippen molar-refractivity contribution in [2.45, 2.75) is 12.6 Å². The maximum atomic E-state index is 13.0. The van der Waals surface area contributed by atoms with Gasteiger partial charge in [-0.2, -0.15) is 0 Å². The van der Waals surface area contributed by atoms with Gasteiger partial charge in [0, 0.05) is 23.7 Å². The summed E-state index contributed by atoms with van der Waals surface area (Å²) in [6, 6.07) is 11.7. The quantitative estimate of drug-likeness (QED) is 0.876. The van der Waals surface area contributed by atoms with Gasteiger partial charge in [-0.15, -0.1) is 0 Å². The Morgan fingerprint density at radius 1 is 1.10 bits per heavy atom. The summed E-state index contributed by atoms with van der Waals surface area (Å²) in [4.78, 5) is 0. The molecule has 5 heteroatoms. The highest BCUT2D eigenvalue weighted by atomic mass is 35.5. The first-order chi connectivity index (χ1) is 9.58. The minimum absolute atomic E-state index is 0.0935. The molecule has 0 aliphatic carbocycles. The van der Waals surface area contributed by atoms with Gasteiger partial charge in [0.1, 0.15) is 5.82 Å². The largest absolute Gasteiger partial charge is 0.387 e. The van der Waals surface area contributed by atoms with Crippen molar-refractivity contribution in [3.05, 3.63) is 69.5 Å². The number of halogens is 3. The van der Waals surface area contributed by atoms with Gasteiger partial charge >= 0.3 is 0 Å². The van der Waals surface area contributed by atoms with Crippen LogP contribution < -0.4 is 5.32 Å². The third-order valence-electron chi connectivity index (χ3n) is 2.92. The van der Waals surface area contributed by atoms with Gasteiger partial charge in [-0.25, -0.2) is 4.39 Å². The van der Waals surface area contributed by atoms with E-state index in [-0.39, 0.29) is 5.02 Å². The minimum atomic E-state index is -0.695. The molecule has 106 valence electrons. The molecule has 0 amide bonds. The van der Waals surface area contributed by atoms with E-state index in [2.05, 4.69) is 5.32 Å². The molecule has 0 fully saturated rings. The molecule has 0 heterocycles. The predicted octanol–water partition coefficient (Wildman–Crippen LogP) is 3.96. The van der Waals surface area contributed by atoms with Crippen molar-refractivity contribution >= 4 is 23.2 Å². The van der Waals surface area contributed by atoms with E-state index in [1.54, 1.807) is 24.3 Å². The molecular weight excluding hydrogens is 300 g/mol. The van der Waals surface area contributed by atoms with Gasteiger partial charge in [-0.05, 0) is 23.8 Å². The van der Waals surface area contributed by atoms with Gasteiger partial charge in [0.05, 0.1) is 11.1 Å². The second kappa shape index (κ2) is 7.04. The Kier molecular flexibility index (Phi) is 5.38. The summed E-state index contributed by atoms with van der Waals surface area (Å²) < 4.78 is 13.0. The Hall–Kier alpha value is -1.13. The van der Waals surface area contributed by atoms with E-state index in [9.17, 15) is 9.50 Å². The molecule has 2 aromatic rings. The average Bonchev–Trinajstić information content (AvgIpc) is 2.43. The van der Waals surface area contributed by atoms with E-state index >= 15 is 0 Å². The Bertz CT molecular complexity index is 592. The molecule has 0 bridgehead atoms. The normalized spacial score (nSPS) is 12.4. The van der Waals surface area contributed by atoms with Crippen LogP contribution in [0.5, 0.6) is 0 Å². The van der Waals surface area contributed by atoms with Crippen molar-refractivity contribution < 1.29 is 9.50 Å². The molecule has 2 nitrogen and oxygen atoms in total. The fourth-order valence-electron chi connectivity index (χ4n) is 1.86. The van der Waals surface area contributed by atoms with Crippen molar-refractivity contribution in [3.8, 4) is 0 Å². The molecule has 1 atom stereocenters. The second-order valence-electron chi connectivity index (χ2n) is 4.42. The SMILES string of the molecule is OC(CNCc1ccc(F)c(Cl)c1)c1ccccc1Cl. The molecule has 2 aromatic carbocycles. The molecule has 20 heavy (non-hydrogen) atoms. The Labute approximate surface area is 127 Å². The Morgan fingerprint density at radius 2 is 1.85 bits per heavy atom. The van der Waals surface area contributed by atoms with Gasteiger partial charge in [0.15, 0.2) is 0 Å². The summed E-state index contributed by atoms with van der Waals surface area (Å²) in [7, 11) is 0. The summed E-state index contributed by atoms with van der Waals surface area (Å²) in [6.07, 6.45) is -0.695.